The van der Waals surface area contributed by atoms with Gasteiger partial charge in [-0.3, -0.25) is 13.9 Å². The molecule has 0 aromatic heterocycles. The van der Waals surface area contributed by atoms with Crippen molar-refractivity contribution in [3.05, 3.63) is 119 Å². The third-order valence-electron chi connectivity index (χ3n) is 6.46. The number of hydrogen-bond donors (Lipinski definition) is 1. The molecule has 0 aliphatic rings. The van der Waals surface area contributed by atoms with E-state index < -0.39 is 34.4 Å². The number of carbonyl (C=O) groups is 2. The van der Waals surface area contributed by atoms with E-state index in [4.69, 9.17) is 27.9 Å². The topological polar surface area (TPSA) is 96.0 Å². The van der Waals surface area contributed by atoms with Crippen molar-refractivity contribution in [1.29, 1.82) is 0 Å². The Morgan fingerprint density at radius 3 is 2.02 bits per heavy atom. The molecule has 1 N–H and O–H groups in total. The smallest absolute Gasteiger partial charge is 0.264 e. The van der Waals surface area contributed by atoms with Crippen LogP contribution in [0.15, 0.2) is 108 Å². The molecule has 0 saturated heterocycles. The minimum Gasteiger partial charge on any atom is -0.457 e. The van der Waals surface area contributed by atoms with Gasteiger partial charge in [0.2, 0.25) is 11.8 Å². The molecule has 0 unspecified atom stereocenters. The normalized spacial score (nSPS) is 11.8. The number of para-hydroxylation sites is 1. The summed E-state index contributed by atoms with van der Waals surface area (Å²) < 4.78 is 34.6. The lowest BCUT2D eigenvalue weighted by Crippen LogP contribution is -2.50. The number of nitrogens with zero attached hydrogens (tertiary/aromatic N) is 2. The summed E-state index contributed by atoms with van der Waals surface area (Å²) in [6.07, 6.45) is 0. The van der Waals surface area contributed by atoms with Gasteiger partial charge in [0.1, 0.15) is 24.1 Å². The lowest BCUT2D eigenvalue weighted by Gasteiger charge is -2.31. The summed E-state index contributed by atoms with van der Waals surface area (Å²) in [5.41, 5.74) is 0.864. The van der Waals surface area contributed by atoms with Gasteiger partial charge in [-0.2, -0.15) is 0 Å². The summed E-state index contributed by atoms with van der Waals surface area (Å²) in [5.74, 6) is 0.0997. The minimum atomic E-state index is -4.19. The number of hydrogen-bond acceptors (Lipinski definition) is 5. The van der Waals surface area contributed by atoms with E-state index in [9.17, 15) is 18.0 Å². The van der Waals surface area contributed by atoms with Gasteiger partial charge in [0, 0.05) is 13.6 Å². The van der Waals surface area contributed by atoms with Crippen molar-refractivity contribution in [3.63, 3.8) is 0 Å². The number of sulfonamides is 1. The highest BCUT2D eigenvalue weighted by atomic mass is 35.5. The Bertz CT molecular complexity index is 1640. The van der Waals surface area contributed by atoms with Gasteiger partial charge in [0.15, 0.2) is 0 Å². The Kier molecular flexibility index (Phi) is 10.1. The predicted molar refractivity (Wildman–Crippen MR) is 164 cm³/mol. The molecule has 8 nitrogen and oxygen atoms in total. The van der Waals surface area contributed by atoms with Gasteiger partial charge < -0.3 is 15.0 Å². The van der Waals surface area contributed by atoms with E-state index in [2.05, 4.69) is 5.32 Å². The van der Waals surface area contributed by atoms with Crippen LogP contribution in [0.25, 0.3) is 0 Å². The summed E-state index contributed by atoms with van der Waals surface area (Å²) in [6.45, 7) is 0.992. The summed E-state index contributed by atoms with van der Waals surface area (Å²) in [7, 11) is -2.72. The zero-order valence-corrected chi connectivity index (χ0v) is 25.2. The number of likely N-dealkylation sites (N-methyl/N-ethyl adjacent to an activating group) is 1. The molecular formula is C31H29Cl2N3O5S. The number of anilines is 1. The second-order valence-electron chi connectivity index (χ2n) is 9.29. The molecule has 0 aliphatic carbocycles. The third kappa shape index (κ3) is 7.42. The largest absolute Gasteiger partial charge is 0.457 e. The Morgan fingerprint density at radius 1 is 0.833 bits per heavy atom. The van der Waals surface area contributed by atoms with Crippen LogP contribution in [0.3, 0.4) is 0 Å². The van der Waals surface area contributed by atoms with E-state index in [1.165, 1.54) is 24.1 Å². The highest BCUT2D eigenvalue weighted by Crippen LogP contribution is 2.29. The molecule has 4 aromatic carbocycles. The molecule has 4 aromatic rings. The van der Waals surface area contributed by atoms with Crippen LogP contribution < -0.4 is 14.4 Å². The number of amides is 2. The number of carbonyl (C=O) groups excluding carboxylic acids is 2. The number of benzene rings is 4. The maximum atomic E-state index is 13.9. The van der Waals surface area contributed by atoms with Crippen LogP contribution in [0.2, 0.25) is 10.0 Å². The van der Waals surface area contributed by atoms with Crippen LogP contribution in [-0.2, 0) is 26.2 Å². The van der Waals surface area contributed by atoms with Gasteiger partial charge in [-0.25, -0.2) is 8.42 Å². The van der Waals surface area contributed by atoms with Gasteiger partial charge >= 0.3 is 0 Å². The number of halogens is 2. The first-order valence-corrected chi connectivity index (χ1v) is 15.2. The first-order chi connectivity index (χ1) is 20.1. The zero-order chi connectivity index (χ0) is 30.3. The fourth-order valence-electron chi connectivity index (χ4n) is 4.18. The molecule has 4 rings (SSSR count). The van der Waals surface area contributed by atoms with Gasteiger partial charge in [-0.05, 0) is 73.2 Å². The molecule has 0 fully saturated rings. The molecule has 0 bridgehead atoms. The van der Waals surface area contributed by atoms with E-state index in [1.54, 1.807) is 79.7 Å². The van der Waals surface area contributed by atoms with Crippen LogP contribution in [0.4, 0.5) is 5.69 Å². The zero-order valence-electron chi connectivity index (χ0n) is 22.9. The van der Waals surface area contributed by atoms with Crippen molar-refractivity contribution in [2.45, 2.75) is 24.4 Å². The van der Waals surface area contributed by atoms with Gasteiger partial charge in [0.25, 0.3) is 10.0 Å². The van der Waals surface area contributed by atoms with Gasteiger partial charge in [-0.1, -0.05) is 65.7 Å². The van der Waals surface area contributed by atoms with Crippen molar-refractivity contribution in [2.75, 3.05) is 17.9 Å². The quantitative estimate of drug-likeness (QED) is 0.216. The van der Waals surface area contributed by atoms with Crippen molar-refractivity contribution in [1.82, 2.24) is 10.2 Å². The molecule has 0 radical (unpaired) electrons. The summed E-state index contributed by atoms with van der Waals surface area (Å²) in [5, 5.41) is 3.18. The first-order valence-electron chi connectivity index (χ1n) is 13.0. The number of ether oxygens (including phenoxy) is 1. The molecule has 218 valence electrons. The lowest BCUT2D eigenvalue weighted by molar-refractivity contribution is -0.139. The SMILES string of the molecule is CNC(=O)[C@@H](C)N(Cc1ccc(Cl)c(Cl)c1)C(=O)CN(c1ccc(Oc2ccccc2)cc1)S(=O)(=O)c1ccccc1. The highest BCUT2D eigenvalue weighted by Gasteiger charge is 2.32. The fraction of sp³-hybridized carbons (Fsp3) is 0.161. The Hall–Kier alpha value is -4.05. The molecular weight excluding hydrogens is 597 g/mol. The number of nitrogens with one attached hydrogen (secondary N) is 1. The van der Waals surface area contributed by atoms with E-state index in [-0.39, 0.29) is 17.1 Å². The van der Waals surface area contributed by atoms with E-state index in [0.29, 0.717) is 27.1 Å². The van der Waals surface area contributed by atoms with Crippen molar-refractivity contribution in [3.8, 4) is 11.5 Å². The Morgan fingerprint density at radius 2 is 1.43 bits per heavy atom. The molecule has 0 spiro atoms. The molecule has 42 heavy (non-hydrogen) atoms. The van der Waals surface area contributed by atoms with Crippen LogP contribution in [0, 0.1) is 0 Å². The van der Waals surface area contributed by atoms with Crippen LogP contribution >= 0.6 is 23.2 Å². The van der Waals surface area contributed by atoms with Crippen molar-refractivity contribution >= 4 is 50.7 Å². The number of rotatable bonds is 11. The first kappa shape index (κ1) is 30.9. The monoisotopic (exact) mass is 625 g/mol. The van der Waals surface area contributed by atoms with Crippen LogP contribution in [0.5, 0.6) is 11.5 Å². The lowest BCUT2D eigenvalue weighted by atomic mass is 10.1. The second kappa shape index (κ2) is 13.7. The van der Waals surface area contributed by atoms with E-state index >= 15 is 0 Å². The van der Waals surface area contributed by atoms with Crippen LogP contribution in [-0.4, -0.2) is 44.8 Å². The predicted octanol–water partition coefficient (Wildman–Crippen LogP) is 6.14. The molecule has 0 aliphatic heterocycles. The van der Waals surface area contributed by atoms with E-state index in [1.807, 2.05) is 18.2 Å². The maximum absolute atomic E-state index is 13.9. The summed E-state index contributed by atoms with van der Waals surface area (Å²) in [4.78, 5) is 27.8. The van der Waals surface area contributed by atoms with Crippen molar-refractivity contribution < 1.29 is 22.7 Å². The second-order valence-corrected chi connectivity index (χ2v) is 12.0. The summed E-state index contributed by atoms with van der Waals surface area (Å²) >= 11 is 12.2. The van der Waals surface area contributed by atoms with Crippen molar-refractivity contribution in [2.24, 2.45) is 0 Å². The highest BCUT2D eigenvalue weighted by molar-refractivity contribution is 7.92. The third-order valence-corrected chi connectivity index (χ3v) is 8.99. The average Bonchev–Trinajstić information content (AvgIpc) is 3.01. The van der Waals surface area contributed by atoms with Gasteiger partial charge in [-0.15, -0.1) is 0 Å². The maximum Gasteiger partial charge on any atom is 0.264 e. The van der Waals surface area contributed by atoms with Gasteiger partial charge in [0.05, 0.1) is 20.6 Å². The van der Waals surface area contributed by atoms with E-state index in [0.717, 1.165) is 4.31 Å². The minimum absolute atomic E-state index is 0.00656. The Balaban J connectivity index is 1.69. The molecule has 2 amide bonds. The summed E-state index contributed by atoms with van der Waals surface area (Å²) in [6, 6.07) is 27.3. The standard InChI is InChI=1S/C31H29Cl2N3O5S/c1-22(31(38)34-2)35(20-23-13-18-28(32)29(33)19-23)30(37)21-36(42(39,40)27-11-7-4-8-12-27)24-14-16-26(17-15-24)41-25-9-5-3-6-10-25/h3-19,22H,20-21H2,1-2H3,(H,34,38)/t22-/m1/s1. The fourth-order valence-corrected chi connectivity index (χ4v) is 5.94. The van der Waals surface area contributed by atoms with Crippen LogP contribution in [0.1, 0.15) is 12.5 Å². The Labute approximate surface area is 255 Å². The molecule has 1 atom stereocenters. The molecule has 0 saturated carbocycles. The molecule has 11 heteroatoms. The average molecular weight is 627 g/mol. The molecule has 0 heterocycles.